The summed E-state index contributed by atoms with van der Waals surface area (Å²) in [5.74, 6) is 0. The van der Waals surface area contributed by atoms with Crippen LogP contribution in [-0.2, 0) is 20.0 Å². The van der Waals surface area contributed by atoms with E-state index >= 15 is 0 Å². The average molecular weight is 365 g/mol. The number of anilines is 2. The first kappa shape index (κ1) is 18.9. The molecule has 2 N–H and O–H groups in total. The van der Waals surface area contributed by atoms with Crippen LogP contribution in [-0.4, -0.2) is 25.7 Å². The van der Waals surface area contributed by atoms with Gasteiger partial charge < -0.3 is 5.32 Å². The summed E-state index contributed by atoms with van der Waals surface area (Å²) in [5, 5.41) is 16.9. The number of nitrogens with zero attached hydrogens (tertiary/aromatic N) is 1. The number of hydrogen-bond acceptors (Lipinski definition) is 6. The van der Waals surface area contributed by atoms with Crippen molar-refractivity contribution in [3.63, 3.8) is 0 Å². The first-order valence-corrected chi connectivity index (χ1v) is 9.08. The van der Waals surface area contributed by atoms with E-state index in [0.29, 0.717) is 24.3 Å². The second-order valence-electron chi connectivity index (χ2n) is 5.13. The minimum atomic E-state index is -3.48. The number of rotatable bonds is 9. The lowest BCUT2D eigenvalue weighted by Gasteiger charge is -2.16. The molecule has 0 heterocycles. The zero-order valence-corrected chi connectivity index (χ0v) is 14.9. The van der Waals surface area contributed by atoms with Crippen LogP contribution < -0.4 is 10.4 Å². The summed E-state index contributed by atoms with van der Waals surface area (Å²) in [6.07, 6.45) is 0.713. The highest BCUT2D eigenvalue weighted by atomic mass is 31.2. The molecule has 0 aliphatic rings. The first-order valence-electron chi connectivity index (χ1n) is 7.53. The standard InChI is InChI=1S/C16H20N3O5P/c1-23-25(22,24-2)18-14-8-9-16(19(20)21)15(12-14)17-11-10-13-6-4-3-5-7-13/h3-9,12,17H,10-11H2,1-2H3,(H,18,22). The van der Waals surface area contributed by atoms with Crippen LogP contribution in [0.1, 0.15) is 5.56 Å². The summed E-state index contributed by atoms with van der Waals surface area (Å²) < 4.78 is 21.8. The maximum absolute atomic E-state index is 12.1. The summed E-state index contributed by atoms with van der Waals surface area (Å²) in [6, 6.07) is 14.1. The molecule has 2 rings (SSSR count). The number of nitrogens with one attached hydrogen (secondary N) is 2. The van der Waals surface area contributed by atoms with Gasteiger partial charge in [0, 0.05) is 32.5 Å². The fourth-order valence-electron chi connectivity index (χ4n) is 2.22. The van der Waals surface area contributed by atoms with Gasteiger partial charge in [-0.1, -0.05) is 30.3 Å². The molecule has 0 unspecified atom stereocenters. The molecular weight excluding hydrogens is 345 g/mol. The van der Waals surface area contributed by atoms with E-state index in [1.165, 1.54) is 32.4 Å². The van der Waals surface area contributed by atoms with Crippen LogP contribution in [0.3, 0.4) is 0 Å². The van der Waals surface area contributed by atoms with Gasteiger partial charge in [-0.25, -0.2) is 4.57 Å². The molecule has 134 valence electrons. The molecular formula is C16H20N3O5P. The summed E-state index contributed by atoms with van der Waals surface area (Å²) in [5.41, 5.74) is 1.77. The Morgan fingerprint density at radius 3 is 2.40 bits per heavy atom. The topological polar surface area (TPSA) is 103 Å². The zero-order chi connectivity index (χ0) is 18.3. The number of nitro benzene ring substituents is 1. The fourth-order valence-corrected chi connectivity index (χ4v) is 3.00. The molecule has 0 radical (unpaired) electrons. The Bertz CT molecular complexity index is 762. The van der Waals surface area contributed by atoms with Gasteiger partial charge in [0.05, 0.1) is 4.92 Å². The molecule has 0 spiro atoms. The maximum Gasteiger partial charge on any atom is 0.432 e. The summed E-state index contributed by atoms with van der Waals surface area (Å²) >= 11 is 0. The maximum atomic E-state index is 12.1. The Labute approximate surface area is 145 Å². The van der Waals surface area contributed by atoms with E-state index in [9.17, 15) is 14.7 Å². The van der Waals surface area contributed by atoms with Crippen molar-refractivity contribution in [2.75, 3.05) is 31.2 Å². The minimum absolute atomic E-state index is 0.0664. The van der Waals surface area contributed by atoms with Crippen molar-refractivity contribution in [3.8, 4) is 0 Å². The fraction of sp³-hybridized carbons (Fsp3) is 0.250. The normalized spacial score (nSPS) is 11.1. The Hall–Kier alpha value is -2.41. The number of hydrogen-bond donors (Lipinski definition) is 2. The van der Waals surface area contributed by atoms with Crippen LogP contribution in [0.5, 0.6) is 0 Å². The molecule has 0 aliphatic carbocycles. The van der Waals surface area contributed by atoms with Gasteiger partial charge in [-0.3, -0.25) is 24.2 Å². The summed E-state index contributed by atoms with van der Waals surface area (Å²) in [7, 11) is -0.980. The predicted molar refractivity (Wildman–Crippen MR) is 97.0 cm³/mol. The van der Waals surface area contributed by atoms with Crippen molar-refractivity contribution in [1.82, 2.24) is 0 Å². The van der Waals surface area contributed by atoms with E-state index < -0.39 is 12.7 Å². The second-order valence-corrected chi connectivity index (χ2v) is 7.07. The Balaban J connectivity index is 2.14. The number of nitro groups is 1. The highest BCUT2D eigenvalue weighted by molar-refractivity contribution is 7.55. The molecule has 0 bridgehead atoms. The molecule has 0 aliphatic heterocycles. The van der Waals surface area contributed by atoms with Crippen LogP contribution >= 0.6 is 7.75 Å². The monoisotopic (exact) mass is 365 g/mol. The molecule has 2 aromatic carbocycles. The van der Waals surface area contributed by atoms with Gasteiger partial charge in [0.1, 0.15) is 5.69 Å². The van der Waals surface area contributed by atoms with Gasteiger partial charge in [0.2, 0.25) is 0 Å². The van der Waals surface area contributed by atoms with Crippen molar-refractivity contribution >= 4 is 24.8 Å². The molecule has 0 amide bonds. The van der Waals surface area contributed by atoms with Gasteiger partial charge in [-0.05, 0) is 24.1 Å². The molecule has 8 nitrogen and oxygen atoms in total. The van der Waals surface area contributed by atoms with Crippen molar-refractivity contribution in [3.05, 3.63) is 64.2 Å². The van der Waals surface area contributed by atoms with Gasteiger partial charge in [0.25, 0.3) is 5.69 Å². The first-order chi connectivity index (χ1) is 12.0. The largest absolute Gasteiger partial charge is 0.432 e. The Morgan fingerprint density at radius 2 is 1.80 bits per heavy atom. The predicted octanol–water partition coefficient (Wildman–Crippen LogP) is 4.06. The lowest BCUT2D eigenvalue weighted by atomic mass is 10.1. The number of benzene rings is 2. The zero-order valence-electron chi connectivity index (χ0n) is 14.0. The van der Waals surface area contributed by atoms with Crippen molar-refractivity contribution in [1.29, 1.82) is 0 Å². The van der Waals surface area contributed by atoms with E-state index in [1.807, 2.05) is 30.3 Å². The SMILES string of the molecule is COP(=O)(Nc1ccc([N+](=O)[O-])c(NCCc2ccccc2)c1)OC. The third kappa shape index (κ3) is 5.29. The molecule has 0 saturated heterocycles. The van der Waals surface area contributed by atoms with Crippen LogP contribution in [0.4, 0.5) is 17.1 Å². The average Bonchev–Trinajstić information content (AvgIpc) is 2.62. The van der Waals surface area contributed by atoms with E-state index in [4.69, 9.17) is 9.05 Å². The third-order valence-corrected chi connectivity index (χ3v) is 5.01. The van der Waals surface area contributed by atoms with Crippen LogP contribution in [0.15, 0.2) is 48.5 Å². The Kier molecular flexibility index (Phi) is 6.52. The smallest absolute Gasteiger partial charge is 0.379 e. The molecule has 9 heteroatoms. The van der Waals surface area contributed by atoms with E-state index in [2.05, 4.69) is 10.4 Å². The molecule has 0 saturated carbocycles. The van der Waals surface area contributed by atoms with Gasteiger partial charge in [-0.15, -0.1) is 0 Å². The van der Waals surface area contributed by atoms with E-state index in [-0.39, 0.29) is 5.69 Å². The van der Waals surface area contributed by atoms with Crippen LogP contribution in [0, 0.1) is 10.1 Å². The third-order valence-electron chi connectivity index (χ3n) is 3.51. The lowest BCUT2D eigenvalue weighted by molar-refractivity contribution is -0.383. The quantitative estimate of drug-likeness (QED) is 0.392. The van der Waals surface area contributed by atoms with Crippen molar-refractivity contribution in [2.24, 2.45) is 0 Å². The van der Waals surface area contributed by atoms with Crippen LogP contribution in [0.25, 0.3) is 0 Å². The molecule has 0 fully saturated rings. The molecule has 0 aromatic heterocycles. The van der Waals surface area contributed by atoms with Gasteiger partial charge in [-0.2, -0.15) is 0 Å². The minimum Gasteiger partial charge on any atom is -0.379 e. The second kappa shape index (κ2) is 8.62. The molecule has 25 heavy (non-hydrogen) atoms. The Morgan fingerprint density at radius 1 is 1.12 bits per heavy atom. The van der Waals surface area contributed by atoms with Gasteiger partial charge in [0.15, 0.2) is 0 Å². The molecule has 2 aromatic rings. The van der Waals surface area contributed by atoms with E-state index in [0.717, 1.165) is 5.56 Å². The van der Waals surface area contributed by atoms with E-state index in [1.54, 1.807) is 0 Å². The summed E-state index contributed by atoms with van der Waals surface area (Å²) in [4.78, 5) is 10.7. The van der Waals surface area contributed by atoms with Crippen molar-refractivity contribution < 1.29 is 18.5 Å². The highest BCUT2D eigenvalue weighted by Gasteiger charge is 2.22. The van der Waals surface area contributed by atoms with Gasteiger partial charge >= 0.3 is 7.75 Å². The van der Waals surface area contributed by atoms with Crippen molar-refractivity contribution in [2.45, 2.75) is 6.42 Å². The summed E-state index contributed by atoms with van der Waals surface area (Å²) in [6.45, 7) is 0.514. The van der Waals surface area contributed by atoms with Crippen LogP contribution in [0.2, 0.25) is 0 Å². The lowest BCUT2D eigenvalue weighted by Crippen LogP contribution is -2.08. The molecule has 0 atom stereocenters. The highest BCUT2D eigenvalue weighted by Crippen LogP contribution is 2.46.